The molecule has 0 spiro atoms. The highest BCUT2D eigenvalue weighted by Crippen LogP contribution is 2.35. The molecular formula is C32H33N5O3. The Morgan fingerprint density at radius 2 is 1.57 bits per heavy atom. The predicted molar refractivity (Wildman–Crippen MR) is 157 cm³/mol. The van der Waals surface area contributed by atoms with Gasteiger partial charge in [-0.15, -0.1) is 0 Å². The fourth-order valence-electron chi connectivity index (χ4n) is 4.94. The maximum Gasteiger partial charge on any atom is 0.164 e. The van der Waals surface area contributed by atoms with Crippen molar-refractivity contribution in [2.45, 2.75) is 31.8 Å². The molecule has 2 N–H and O–H groups in total. The summed E-state index contributed by atoms with van der Waals surface area (Å²) in [4.78, 5) is 4.71. The number of hydrogen-bond acceptors (Lipinski definition) is 7. The normalized spacial score (nSPS) is 15.1. The Morgan fingerprint density at radius 3 is 2.30 bits per heavy atom. The predicted octanol–water partition coefficient (Wildman–Crippen LogP) is 6.63. The first kappa shape index (κ1) is 25.7. The molecule has 0 amide bonds. The third-order valence-corrected chi connectivity index (χ3v) is 7.04. The van der Waals surface area contributed by atoms with Crippen LogP contribution in [-0.2, 0) is 6.54 Å². The van der Waals surface area contributed by atoms with E-state index in [-0.39, 0.29) is 0 Å². The Kier molecular flexibility index (Phi) is 7.77. The SMILES string of the molecule is COc1ccc(Cn2nc(NC[C@@H]3CCCCN3)c3c(Oc4ccc(Oc5ccccc5)cc4)ccnc32)cc1. The van der Waals surface area contributed by atoms with E-state index < -0.39 is 0 Å². The number of pyridine rings is 1. The first-order valence-corrected chi connectivity index (χ1v) is 13.7. The molecule has 0 saturated carbocycles. The van der Waals surface area contributed by atoms with Crippen molar-refractivity contribution >= 4 is 16.9 Å². The number of fused-ring (bicyclic) bond motifs is 1. The van der Waals surface area contributed by atoms with Crippen molar-refractivity contribution in [1.82, 2.24) is 20.1 Å². The summed E-state index contributed by atoms with van der Waals surface area (Å²) < 4.78 is 19.6. The lowest BCUT2D eigenvalue weighted by Gasteiger charge is -2.23. The summed E-state index contributed by atoms with van der Waals surface area (Å²) in [6.45, 7) is 2.42. The van der Waals surface area contributed by atoms with Gasteiger partial charge in [-0.25, -0.2) is 9.67 Å². The molecule has 1 aliphatic heterocycles. The number of piperidine rings is 1. The number of methoxy groups -OCH3 is 1. The molecule has 204 valence electrons. The van der Waals surface area contributed by atoms with Gasteiger partial charge in [0, 0.05) is 24.8 Å². The van der Waals surface area contributed by atoms with E-state index in [4.69, 9.17) is 24.3 Å². The molecule has 0 unspecified atom stereocenters. The maximum atomic E-state index is 6.40. The van der Waals surface area contributed by atoms with Crippen molar-refractivity contribution in [3.63, 3.8) is 0 Å². The van der Waals surface area contributed by atoms with Gasteiger partial charge in [0.05, 0.1) is 13.7 Å². The van der Waals surface area contributed by atoms with Crippen LogP contribution in [0.3, 0.4) is 0 Å². The second kappa shape index (κ2) is 12.1. The van der Waals surface area contributed by atoms with Crippen molar-refractivity contribution in [3.05, 3.63) is 96.7 Å². The van der Waals surface area contributed by atoms with E-state index in [1.165, 1.54) is 12.8 Å². The minimum Gasteiger partial charge on any atom is -0.497 e. The zero-order valence-electron chi connectivity index (χ0n) is 22.5. The van der Waals surface area contributed by atoms with Gasteiger partial charge in [0.15, 0.2) is 11.5 Å². The Labute approximate surface area is 233 Å². The Bertz CT molecular complexity index is 1530. The molecule has 6 rings (SSSR count). The molecule has 2 aromatic heterocycles. The van der Waals surface area contributed by atoms with Crippen molar-refractivity contribution < 1.29 is 14.2 Å². The van der Waals surface area contributed by atoms with Crippen molar-refractivity contribution in [2.24, 2.45) is 0 Å². The molecule has 0 aliphatic carbocycles. The van der Waals surface area contributed by atoms with Gasteiger partial charge in [0.2, 0.25) is 0 Å². The lowest BCUT2D eigenvalue weighted by molar-refractivity contribution is 0.414. The van der Waals surface area contributed by atoms with Crippen LogP contribution in [0.1, 0.15) is 24.8 Å². The summed E-state index contributed by atoms with van der Waals surface area (Å²) in [6.07, 6.45) is 5.39. The van der Waals surface area contributed by atoms with Gasteiger partial charge in [-0.05, 0) is 73.5 Å². The lowest BCUT2D eigenvalue weighted by atomic mass is 10.1. The van der Waals surface area contributed by atoms with E-state index in [9.17, 15) is 0 Å². The van der Waals surface area contributed by atoms with Crippen LogP contribution in [-0.4, -0.2) is 41.0 Å². The minimum atomic E-state index is 0.411. The van der Waals surface area contributed by atoms with Crippen LogP contribution in [0.15, 0.2) is 91.1 Å². The van der Waals surface area contributed by atoms with Crippen LogP contribution in [0.25, 0.3) is 11.0 Å². The first-order valence-electron chi connectivity index (χ1n) is 13.7. The molecule has 1 fully saturated rings. The lowest BCUT2D eigenvalue weighted by Crippen LogP contribution is -2.39. The average Bonchev–Trinajstić information content (AvgIpc) is 3.36. The molecule has 3 aromatic carbocycles. The van der Waals surface area contributed by atoms with E-state index in [2.05, 4.69) is 10.6 Å². The number of benzene rings is 3. The number of hydrogen-bond donors (Lipinski definition) is 2. The highest BCUT2D eigenvalue weighted by atomic mass is 16.5. The van der Waals surface area contributed by atoms with E-state index >= 15 is 0 Å². The number of ether oxygens (including phenoxy) is 3. The summed E-state index contributed by atoms with van der Waals surface area (Å²) in [5.74, 6) is 4.53. The van der Waals surface area contributed by atoms with Gasteiger partial charge in [-0.3, -0.25) is 0 Å². The number of rotatable bonds is 10. The molecule has 0 radical (unpaired) electrons. The Hall–Kier alpha value is -4.56. The molecule has 1 aliphatic rings. The van der Waals surface area contributed by atoms with Gasteiger partial charge >= 0.3 is 0 Å². The topological polar surface area (TPSA) is 82.5 Å². The standard InChI is InChI=1S/C32H33N5O3/c1-38-25-12-10-23(11-13-25)22-37-32-30(31(36-37)35-21-24-7-5-6-19-33-24)29(18-20-34-32)40-28-16-14-27(15-17-28)39-26-8-3-2-4-9-26/h2-4,8-18,20,24,33H,5-7,19,21-22H2,1H3,(H,35,36)/t24-/m0/s1. The molecule has 8 nitrogen and oxygen atoms in total. The van der Waals surface area contributed by atoms with Crippen molar-refractivity contribution in [2.75, 3.05) is 25.5 Å². The first-order chi connectivity index (χ1) is 19.7. The summed E-state index contributed by atoms with van der Waals surface area (Å²) in [6, 6.07) is 27.7. The van der Waals surface area contributed by atoms with Gasteiger partial charge in [-0.1, -0.05) is 36.8 Å². The van der Waals surface area contributed by atoms with Crippen LogP contribution >= 0.6 is 0 Å². The average molecular weight is 536 g/mol. The molecule has 0 bridgehead atoms. The van der Waals surface area contributed by atoms with E-state index in [0.717, 1.165) is 59.2 Å². The fraction of sp³-hybridized carbons (Fsp3) is 0.250. The summed E-state index contributed by atoms with van der Waals surface area (Å²) in [7, 11) is 1.67. The van der Waals surface area contributed by atoms with E-state index in [0.29, 0.717) is 24.1 Å². The smallest absolute Gasteiger partial charge is 0.164 e. The molecule has 3 heterocycles. The summed E-state index contributed by atoms with van der Waals surface area (Å²) in [5.41, 5.74) is 1.87. The summed E-state index contributed by atoms with van der Waals surface area (Å²) in [5, 5.41) is 13.0. The number of nitrogens with zero attached hydrogens (tertiary/aromatic N) is 3. The van der Waals surface area contributed by atoms with Gasteiger partial charge in [0.25, 0.3) is 0 Å². The number of nitrogens with one attached hydrogen (secondary N) is 2. The molecule has 5 aromatic rings. The van der Waals surface area contributed by atoms with Crippen molar-refractivity contribution in [1.29, 1.82) is 0 Å². The van der Waals surface area contributed by atoms with Crippen LogP contribution < -0.4 is 24.8 Å². The van der Waals surface area contributed by atoms with Gasteiger partial charge in [0.1, 0.15) is 34.1 Å². The molecule has 40 heavy (non-hydrogen) atoms. The quantitative estimate of drug-likeness (QED) is 0.208. The van der Waals surface area contributed by atoms with Crippen LogP contribution in [0.4, 0.5) is 5.82 Å². The third kappa shape index (κ3) is 6.02. The van der Waals surface area contributed by atoms with Crippen molar-refractivity contribution in [3.8, 4) is 28.7 Å². The monoisotopic (exact) mass is 535 g/mol. The van der Waals surface area contributed by atoms with Gasteiger partial charge in [-0.2, -0.15) is 5.10 Å². The highest BCUT2D eigenvalue weighted by Gasteiger charge is 2.20. The van der Waals surface area contributed by atoms with Crippen LogP contribution in [0.2, 0.25) is 0 Å². The van der Waals surface area contributed by atoms with E-state index in [1.54, 1.807) is 13.3 Å². The molecular weight excluding hydrogens is 502 g/mol. The zero-order chi connectivity index (χ0) is 27.1. The maximum absolute atomic E-state index is 6.40. The minimum absolute atomic E-state index is 0.411. The molecule has 1 saturated heterocycles. The van der Waals surface area contributed by atoms with Crippen LogP contribution in [0.5, 0.6) is 28.7 Å². The van der Waals surface area contributed by atoms with Gasteiger partial charge < -0.3 is 24.8 Å². The highest BCUT2D eigenvalue weighted by molar-refractivity contribution is 5.93. The number of para-hydroxylation sites is 1. The second-order valence-electron chi connectivity index (χ2n) is 9.88. The fourth-order valence-corrected chi connectivity index (χ4v) is 4.94. The number of anilines is 1. The third-order valence-electron chi connectivity index (χ3n) is 7.04. The zero-order valence-corrected chi connectivity index (χ0v) is 22.5. The Balaban J connectivity index is 1.27. The second-order valence-corrected chi connectivity index (χ2v) is 9.88. The largest absolute Gasteiger partial charge is 0.497 e. The van der Waals surface area contributed by atoms with Crippen LogP contribution in [0, 0.1) is 0 Å². The number of aromatic nitrogens is 3. The molecule has 1 atom stereocenters. The Morgan fingerprint density at radius 1 is 0.850 bits per heavy atom. The molecule has 8 heteroatoms. The van der Waals surface area contributed by atoms with E-state index in [1.807, 2.05) is 89.6 Å². The summed E-state index contributed by atoms with van der Waals surface area (Å²) >= 11 is 0.